The number of aryl methyl sites for hydroxylation is 1. The number of carbonyl (C=O) groups excluding carboxylic acids is 1. The van der Waals surface area contributed by atoms with Gasteiger partial charge >= 0.3 is 0 Å². The molecule has 6 nitrogen and oxygen atoms in total. The van der Waals surface area contributed by atoms with Crippen molar-refractivity contribution in [1.82, 2.24) is 14.8 Å². The lowest BCUT2D eigenvalue weighted by Crippen LogP contribution is -2.10. The topological polar surface area (TPSA) is 73.0 Å². The number of rotatable bonds is 4. The number of halogens is 1. The number of nitrogens with zero attached hydrogens (tertiary/aromatic N) is 3. The molecule has 4 aromatic rings. The molecule has 27 heavy (non-hydrogen) atoms. The molecule has 0 fully saturated rings. The van der Waals surface area contributed by atoms with Crippen LogP contribution in [0, 0.1) is 5.82 Å². The SMILES string of the molecule is Cn1cnnc1-c1cccc(NC(=O)c2ccc(-c3ccc(F)cc3)o2)c1. The number of aromatic nitrogens is 3. The highest BCUT2D eigenvalue weighted by Gasteiger charge is 2.13. The average molecular weight is 362 g/mol. The van der Waals surface area contributed by atoms with Crippen LogP contribution in [0.15, 0.2) is 71.4 Å². The number of hydrogen-bond donors (Lipinski definition) is 1. The van der Waals surface area contributed by atoms with Gasteiger partial charge in [-0.2, -0.15) is 0 Å². The van der Waals surface area contributed by atoms with Gasteiger partial charge in [0.15, 0.2) is 11.6 Å². The monoisotopic (exact) mass is 362 g/mol. The Bertz CT molecular complexity index is 1100. The molecule has 1 N–H and O–H groups in total. The normalized spacial score (nSPS) is 10.7. The van der Waals surface area contributed by atoms with Gasteiger partial charge in [-0.05, 0) is 48.5 Å². The predicted octanol–water partition coefficient (Wildman–Crippen LogP) is 4.13. The molecule has 1 amide bonds. The third-order valence-corrected chi connectivity index (χ3v) is 4.05. The maximum absolute atomic E-state index is 13.0. The van der Waals surface area contributed by atoms with Crippen LogP contribution in [0.5, 0.6) is 0 Å². The molecule has 0 spiro atoms. The molecule has 7 heteroatoms. The minimum absolute atomic E-state index is 0.165. The molecule has 0 radical (unpaired) electrons. The average Bonchev–Trinajstić information content (AvgIpc) is 3.32. The van der Waals surface area contributed by atoms with Crippen molar-refractivity contribution in [3.8, 4) is 22.7 Å². The van der Waals surface area contributed by atoms with Gasteiger partial charge in [0.25, 0.3) is 5.91 Å². The minimum Gasteiger partial charge on any atom is -0.451 e. The van der Waals surface area contributed by atoms with Gasteiger partial charge in [-0.3, -0.25) is 4.79 Å². The van der Waals surface area contributed by atoms with Crippen LogP contribution in [-0.2, 0) is 7.05 Å². The summed E-state index contributed by atoms with van der Waals surface area (Å²) in [6.45, 7) is 0. The Morgan fingerprint density at radius 1 is 1.07 bits per heavy atom. The van der Waals surface area contributed by atoms with Gasteiger partial charge in [0.05, 0.1) is 0 Å². The first kappa shape index (κ1) is 16.7. The molecule has 0 unspecified atom stereocenters. The van der Waals surface area contributed by atoms with Crippen molar-refractivity contribution < 1.29 is 13.6 Å². The number of carbonyl (C=O) groups is 1. The summed E-state index contributed by atoms with van der Waals surface area (Å²) >= 11 is 0. The van der Waals surface area contributed by atoms with Crippen molar-refractivity contribution in [3.05, 3.63) is 78.6 Å². The number of hydrogen-bond acceptors (Lipinski definition) is 4. The van der Waals surface area contributed by atoms with Crippen molar-refractivity contribution in [2.24, 2.45) is 7.05 Å². The first-order chi connectivity index (χ1) is 13.1. The molecular weight excluding hydrogens is 347 g/mol. The molecule has 0 aliphatic carbocycles. The number of nitrogens with one attached hydrogen (secondary N) is 1. The van der Waals surface area contributed by atoms with Crippen LogP contribution in [0.1, 0.15) is 10.6 Å². The summed E-state index contributed by atoms with van der Waals surface area (Å²) in [6, 6.07) is 16.4. The van der Waals surface area contributed by atoms with E-state index in [4.69, 9.17) is 4.42 Å². The molecule has 0 aliphatic rings. The first-order valence-corrected chi connectivity index (χ1v) is 8.22. The van der Waals surface area contributed by atoms with E-state index in [2.05, 4.69) is 15.5 Å². The van der Waals surface area contributed by atoms with Crippen molar-refractivity contribution in [1.29, 1.82) is 0 Å². The van der Waals surface area contributed by atoms with Gasteiger partial charge in [-0.15, -0.1) is 10.2 Å². The van der Waals surface area contributed by atoms with Crippen LogP contribution < -0.4 is 5.32 Å². The van der Waals surface area contributed by atoms with E-state index in [9.17, 15) is 9.18 Å². The van der Waals surface area contributed by atoms with Gasteiger partial charge in [0.2, 0.25) is 0 Å². The third kappa shape index (κ3) is 3.48. The highest BCUT2D eigenvalue weighted by Crippen LogP contribution is 2.24. The van der Waals surface area contributed by atoms with E-state index in [0.717, 1.165) is 5.56 Å². The quantitative estimate of drug-likeness (QED) is 0.592. The van der Waals surface area contributed by atoms with Crippen LogP contribution in [-0.4, -0.2) is 20.7 Å². The maximum atomic E-state index is 13.0. The number of anilines is 1. The van der Waals surface area contributed by atoms with E-state index in [1.54, 1.807) is 41.2 Å². The standard InChI is InChI=1S/C20H15FN4O2/c1-25-12-22-24-19(25)14-3-2-4-16(11-14)23-20(26)18-10-9-17(27-18)13-5-7-15(21)8-6-13/h2-12H,1H3,(H,23,26). The van der Waals surface area contributed by atoms with Gasteiger partial charge in [-0.1, -0.05) is 12.1 Å². The van der Waals surface area contributed by atoms with E-state index < -0.39 is 0 Å². The van der Waals surface area contributed by atoms with E-state index in [1.807, 2.05) is 25.2 Å². The molecule has 0 aliphatic heterocycles. The van der Waals surface area contributed by atoms with Crippen LogP contribution in [0.25, 0.3) is 22.7 Å². The molecule has 0 atom stereocenters. The zero-order valence-corrected chi connectivity index (χ0v) is 14.4. The number of amides is 1. The second-order valence-corrected chi connectivity index (χ2v) is 5.97. The summed E-state index contributed by atoms with van der Waals surface area (Å²) < 4.78 is 20.4. The second kappa shape index (κ2) is 6.87. The fourth-order valence-electron chi connectivity index (χ4n) is 2.70. The first-order valence-electron chi connectivity index (χ1n) is 8.22. The summed E-state index contributed by atoms with van der Waals surface area (Å²) in [4.78, 5) is 12.5. The largest absolute Gasteiger partial charge is 0.451 e. The zero-order valence-electron chi connectivity index (χ0n) is 14.4. The fourth-order valence-corrected chi connectivity index (χ4v) is 2.70. The number of furan rings is 1. The Kier molecular flexibility index (Phi) is 4.25. The minimum atomic E-state index is -0.376. The lowest BCUT2D eigenvalue weighted by atomic mass is 10.2. The predicted molar refractivity (Wildman–Crippen MR) is 98.5 cm³/mol. The van der Waals surface area contributed by atoms with Crippen LogP contribution in [0.3, 0.4) is 0 Å². The lowest BCUT2D eigenvalue weighted by molar-refractivity contribution is 0.0997. The lowest BCUT2D eigenvalue weighted by Gasteiger charge is -2.06. The van der Waals surface area contributed by atoms with Crippen molar-refractivity contribution in [2.75, 3.05) is 5.32 Å². The summed E-state index contributed by atoms with van der Waals surface area (Å²) in [5.41, 5.74) is 2.14. The summed E-state index contributed by atoms with van der Waals surface area (Å²) in [7, 11) is 1.85. The summed E-state index contributed by atoms with van der Waals surface area (Å²) in [5.74, 6) is 0.651. The molecule has 2 heterocycles. The van der Waals surface area contributed by atoms with Crippen molar-refractivity contribution >= 4 is 11.6 Å². The molecule has 0 saturated heterocycles. The van der Waals surface area contributed by atoms with Crippen LogP contribution in [0.4, 0.5) is 10.1 Å². The Balaban J connectivity index is 1.53. The summed E-state index contributed by atoms with van der Waals surface area (Å²) in [5, 5.41) is 10.7. The van der Waals surface area contributed by atoms with E-state index >= 15 is 0 Å². The van der Waals surface area contributed by atoms with Crippen molar-refractivity contribution in [2.45, 2.75) is 0 Å². The Hall–Kier alpha value is -3.74. The Morgan fingerprint density at radius 2 is 1.89 bits per heavy atom. The van der Waals surface area contributed by atoms with Gasteiger partial charge in [-0.25, -0.2) is 4.39 Å². The molecular formula is C20H15FN4O2. The fraction of sp³-hybridized carbons (Fsp3) is 0.0500. The number of benzene rings is 2. The highest BCUT2D eigenvalue weighted by atomic mass is 19.1. The van der Waals surface area contributed by atoms with Gasteiger partial charge in [0.1, 0.15) is 17.9 Å². The second-order valence-electron chi connectivity index (χ2n) is 5.97. The van der Waals surface area contributed by atoms with Crippen LogP contribution in [0.2, 0.25) is 0 Å². The zero-order chi connectivity index (χ0) is 18.8. The van der Waals surface area contributed by atoms with Gasteiger partial charge in [0, 0.05) is 23.9 Å². The smallest absolute Gasteiger partial charge is 0.291 e. The third-order valence-electron chi connectivity index (χ3n) is 4.05. The van der Waals surface area contributed by atoms with Crippen molar-refractivity contribution in [3.63, 3.8) is 0 Å². The van der Waals surface area contributed by atoms with Gasteiger partial charge < -0.3 is 14.3 Å². The molecule has 2 aromatic carbocycles. The molecule has 4 rings (SSSR count). The molecule has 134 valence electrons. The Morgan fingerprint density at radius 3 is 2.63 bits per heavy atom. The Labute approximate surface area is 154 Å². The highest BCUT2D eigenvalue weighted by molar-refractivity contribution is 6.02. The van der Waals surface area contributed by atoms with E-state index in [-0.39, 0.29) is 17.5 Å². The molecule has 2 aromatic heterocycles. The molecule has 0 saturated carbocycles. The summed E-state index contributed by atoms with van der Waals surface area (Å²) in [6.07, 6.45) is 1.61. The molecule has 0 bridgehead atoms. The van der Waals surface area contributed by atoms with E-state index in [0.29, 0.717) is 22.8 Å². The van der Waals surface area contributed by atoms with Crippen LogP contribution >= 0.6 is 0 Å². The maximum Gasteiger partial charge on any atom is 0.291 e. The van der Waals surface area contributed by atoms with E-state index in [1.165, 1.54) is 12.1 Å².